The van der Waals surface area contributed by atoms with Crippen LogP contribution in [0.3, 0.4) is 0 Å². The maximum atomic E-state index is 12.7. The molecule has 1 atom stereocenters. The zero-order valence-electron chi connectivity index (χ0n) is 8.79. The van der Waals surface area contributed by atoms with Gasteiger partial charge in [0.25, 0.3) is 0 Å². The Hall–Kier alpha value is -1.42. The molecule has 1 rings (SSSR count). The van der Waals surface area contributed by atoms with Gasteiger partial charge in [-0.15, -0.1) is 0 Å². The number of halogens is 1. The van der Waals surface area contributed by atoms with Crippen LogP contribution in [0.25, 0.3) is 0 Å². The number of nitrogens with two attached hydrogens (primary N) is 1. The van der Waals surface area contributed by atoms with Crippen LogP contribution in [-0.4, -0.2) is 18.9 Å². The van der Waals surface area contributed by atoms with Gasteiger partial charge in [0.2, 0.25) is 0 Å². The number of hydrogen-bond acceptors (Lipinski definition) is 3. The summed E-state index contributed by atoms with van der Waals surface area (Å²) < 4.78 is 17.7. The Balaban J connectivity index is 3.28. The van der Waals surface area contributed by atoms with Crippen molar-refractivity contribution in [3.05, 3.63) is 29.3 Å². The van der Waals surface area contributed by atoms with Crippen molar-refractivity contribution >= 4 is 5.78 Å². The summed E-state index contributed by atoms with van der Waals surface area (Å²) in [6.07, 6.45) is 0. The smallest absolute Gasteiger partial charge is 0.183 e. The zero-order valence-corrected chi connectivity index (χ0v) is 8.79. The lowest BCUT2D eigenvalue weighted by atomic mass is 9.99. The summed E-state index contributed by atoms with van der Waals surface area (Å²) in [5, 5.41) is 0. The minimum atomic E-state index is -0.703. The largest absolute Gasteiger partial charge is 0.496 e. The van der Waals surface area contributed by atoms with Crippen LogP contribution in [0.5, 0.6) is 5.75 Å². The number of ether oxygens (including phenoxy) is 1. The fourth-order valence-electron chi connectivity index (χ4n) is 1.37. The third-order valence-corrected chi connectivity index (χ3v) is 2.14. The zero-order chi connectivity index (χ0) is 11.4. The van der Waals surface area contributed by atoms with Gasteiger partial charge in [0.1, 0.15) is 12.4 Å². The molecule has 0 amide bonds. The van der Waals surface area contributed by atoms with Crippen LogP contribution in [0.4, 0.5) is 4.39 Å². The van der Waals surface area contributed by atoms with Crippen molar-refractivity contribution in [2.75, 3.05) is 7.11 Å². The molecule has 0 radical (unpaired) electrons. The number of Topliss-reactive ketones (excluding diaryl/α,β-unsaturated/α-hetero) is 1. The maximum Gasteiger partial charge on any atom is 0.183 e. The molecule has 0 aliphatic carbocycles. The van der Waals surface area contributed by atoms with Crippen molar-refractivity contribution < 1.29 is 13.9 Å². The third kappa shape index (κ3) is 2.33. The van der Waals surface area contributed by atoms with Gasteiger partial charge in [0.05, 0.1) is 18.7 Å². The second kappa shape index (κ2) is 4.89. The lowest BCUT2D eigenvalue weighted by Crippen LogP contribution is -2.27. The molecule has 1 aromatic carbocycles. The third-order valence-electron chi connectivity index (χ3n) is 2.14. The van der Waals surface area contributed by atoms with Gasteiger partial charge in [-0.2, -0.15) is 0 Å². The Morgan fingerprint density at radius 2 is 2.27 bits per heavy atom. The summed E-state index contributed by atoms with van der Waals surface area (Å²) in [6.45, 7) is 0.863. The van der Waals surface area contributed by atoms with E-state index in [0.717, 1.165) is 0 Å². The second-order valence-electron chi connectivity index (χ2n) is 3.28. The monoisotopic (exact) mass is 211 g/mol. The minimum absolute atomic E-state index is 0.248. The fraction of sp³-hybridized carbons (Fsp3) is 0.364. The molecular weight excluding hydrogens is 197 g/mol. The van der Waals surface area contributed by atoms with E-state index in [2.05, 4.69) is 0 Å². The van der Waals surface area contributed by atoms with Gasteiger partial charge >= 0.3 is 0 Å². The number of ketones is 1. The first kappa shape index (κ1) is 11.7. The van der Waals surface area contributed by atoms with Crippen LogP contribution in [0, 0.1) is 0 Å². The summed E-state index contributed by atoms with van der Waals surface area (Å²) >= 11 is 0. The average molecular weight is 211 g/mol. The molecule has 0 aliphatic heterocycles. The van der Waals surface area contributed by atoms with Gasteiger partial charge in [-0.1, -0.05) is 12.1 Å². The highest BCUT2D eigenvalue weighted by Gasteiger charge is 2.19. The number of alkyl halides is 1. The molecule has 0 bridgehead atoms. The van der Waals surface area contributed by atoms with Crippen molar-refractivity contribution in [2.24, 2.45) is 5.73 Å². The van der Waals surface area contributed by atoms with E-state index in [4.69, 9.17) is 10.5 Å². The van der Waals surface area contributed by atoms with E-state index in [1.807, 2.05) is 0 Å². The summed E-state index contributed by atoms with van der Waals surface area (Å²) in [6, 6.07) is 4.16. The normalized spacial score (nSPS) is 12.3. The van der Waals surface area contributed by atoms with Crippen molar-refractivity contribution in [3.8, 4) is 5.75 Å². The molecule has 3 nitrogen and oxygen atoms in total. The van der Waals surface area contributed by atoms with Gasteiger partial charge in [-0.3, -0.25) is 4.79 Å². The number of carbonyl (C=O) groups is 1. The highest BCUT2D eigenvalue weighted by atomic mass is 19.1. The SMILES string of the molecule is COc1cccc(CF)c1C(=O)C(C)N. The Morgan fingerprint density at radius 3 is 2.73 bits per heavy atom. The van der Waals surface area contributed by atoms with Crippen molar-refractivity contribution in [1.82, 2.24) is 0 Å². The second-order valence-corrected chi connectivity index (χ2v) is 3.28. The molecule has 1 aromatic rings. The molecule has 0 heterocycles. The van der Waals surface area contributed by atoms with E-state index in [1.54, 1.807) is 25.1 Å². The Labute approximate surface area is 88.0 Å². The van der Waals surface area contributed by atoms with E-state index in [0.29, 0.717) is 11.3 Å². The molecule has 0 fully saturated rings. The Bertz CT molecular complexity index is 341. The molecule has 0 saturated carbocycles. The van der Waals surface area contributed by atoms with Gasteiger partial charge in [0.15, 0.2) is 5.78 Å². The van der Waals surface area contributed by atoms with E-state index < -0.39 is 12.7 Å². The molecule has 2 N–H and O–H groups in total. The summed E-state index contributed by atoms with van der Waals surface area (Å²) in [7, 11) is 1.44. The van der Waals surface area contributed by atoms with Gasteiger partial charge in [-0.25, -0.2) is 4.39 Å². The molecule has 1 unspecified atom stereocenters. The topological polar surface area (TPSA) is 52.3 Å². The lowest BCUT2D eigenvalue weighted by molar-refractivity contribution is 0.0963. The number of rotatable bonds is 4. The molecular formula is C11H14FNO2. The fourth-order valence-corrected chi connectivity index (χ4v) is 1.37. The average Bonchev–Trinajstić information content (AvgIpc) is 2.26. The van der Waals surface area contributed by atoms with Crippen molar-refractivity contribution in [2.45, 2.75) is 19.6 Å². The molecule has 0 spiro atoms. The van der Waals surface area contributed by atoms with Gasteiger partial charge < -0.3 is 10.5 Å². The molecule has 0 aromatic heterocycles. The minimum Gasteiger partial charge on any atom is -0.496 e. The molecule has 15 heavy (non-hydrogen) atoms. The Kier molecular flexibility index (Phi) is 3.80. The predicted molar refractivity (Wildman–Crippen MR) is 55.8 cm³/mol. The van der Waals surface area contributed by atoms with E-state index in [9.17, 15) is 9.18 Å². The first-order chi connectivity index (χ1) is 7.11. The predicted octanol–water partition coefficient (Wildman–Crippen LogP) is 1.69. The van der Waals surface area contributed by atoms with E-state index in [-0.39, 0.29) is 11.3 Å². The van der Waals surface area contributed by atoms with Crippen LogP contribution in [0.15, 0.2) is 18.2 Å². The van der Waals surface area contributed by atoms with Crippen molar-refractivity contribution in [3.63, 3.8) is 0 Å². The quantitative estimate of drug-likeness (QED) is 0.771. The van der Waals surface area contributed by atoms with Crippen LogP contribution in [0.2, 0.25) is 0 Å². The molecule has 4 heteroatoms. The summed E-state index contributed by atoms with van der Waals surface area (Å²) in [5.41, 5.74) is 6.05. The standard InChI is InChI=1S/C11H14FNO2/c1-7(13)11(14)10-8(6-12)4-3-5-9(10)15-2/h3-5,7H,6,13H2,1-2H3. The molecule has 0 aliphatic rings. The van der Waals surface area contributed by atoms with Crippen LogP contribution < -0.4 is 10.5 Å². The summed E-state index contributed by atoms with van der Waals surface area (Å²) in [5.74, 6) is 0.0625. The van der Waals surface area contributed by atoms with E-state index in [1.165, 1.54) is 7.11 Å². The number of benzene rings is 1. The summed E-state index contributed by atoms with van der Waals surface area (Å²) in [4.78, 5) is 11.7. The highest BCUT2D eigenvalue weighted by molar-refractivity contribution is 6.03. The highest BCUT2D eigenvalue weighted by Crippen LogP contribution is 2.24. The molecule has 82 valence electrons. The van der Waals surface area contributed by atoms with Crippen molar-refractivity contribution in [1.29, 1.82) is 0 Å². The van der Waals surface area contributed by atoms with Gasteiger partial charge in [0, 0.05) is 0 Å². The Morgan fingerprint density at radius 1 is 1.60 bits per heavy atom. The number of carbonyl (C=O) groups excluding carboxylic acids is 1. The molecule has 0 saturated heterocycles. The first-order valence-electron chi connectivity index (χ1n) is 4.63. The van der Waals surface area contributed by atoms with Crippen LogP contribution >= 0.6 is 0 Å². The van der Waals surface area contributed by atoms with Crippen LogP contribution in [0.1, 0.15) is 22.8 Å². The first-order valence-corrected chi connectivity index (χ1v) is 4.63. The number of methoxy groups -OCH3 is 1. The van der Waals surface area contributed by atoms with Crippen LogP contribution in [-0.2, 0) is 6.67 Å². The van der Waals surface area contributed by atoms with Gasteiger partial charge in [-0.05, 0) is 18.6 Å². The maximum absolute atomic E-state index is 12.7. The lowest BCUT2D eigenvalue weighted by Gasteiger charge is -2.12. The number of hydrogen-bond donors (Lipinski definition) is 1. The van der Waals surface area contributed by atoms with E-state index >= 15 is 0 Å².